The third kappa shape index (κ3) is 4.13. The van der Waals surface area contributed by atoms with Crippen molar-refractivity contribution in [1.29, 1.82) is 0 Å². The Kier molecular flexibility index (Phi) is 6.05. The number of ether oxygens (including phenoxy) is 2. The molecule has 0 bridgehead atoms. The van der Waals surface area contributed by atoms with Gasteiger partial charge in [-0.25, -0.2) is 9.78 Å². The number of pyridine rings is 1. The molecule has 32 heavy (non-hydrogen) atoms. The molecule has 6 nitrogen and oxygen atoms in total. The third-order valence-electron chi connectivity index (χ3n) is 5.48. The van der Waals surface area contributed by atoms with Crippen LogP contribution in [0.2, 0.25) is 0 Å². The van der Waals surface area contributed by atoms with Gasteiger partial charge in [0.15, 0.2) is 11.5 Å². The molecule has 8 heteroatoms. The van der Waals surface area contributed by atoms with Crippen molar-refractivity contribution in [2.75, 3.05) is 20.2 Å². The van der Waals surface area contributed by atoms with Crippen LogP contribution in [0.3, 0.4) is 0 Å². The Morgan fingerprint density at radius 1 is 1.22 bits per heavy atom. The Morgan fingerprint density at radius 3 is 2.69 bits per heavy atom. The molecule has 0 unspecified atom stereocenters. The van der Waals surface area contributed by atoms with Crippen LogP contribution in [0.5, 0.6) is 11.5 Å². The first-order valence-electron chi connectivity index (χ1n) is 10.1. The predicted octanol–water partition coefficient (Wildman–Crippen LogP) is 4.92. The van der Waals surface area contributed by atoms with Gasteiger partial charge in [0.05, 0.1) is 23.9 Å². The zero-order valence-corrected chi connectivity index (χ0v) is 17.6. The van der Waals surface area contributed by atoms with Crippen LogP contribution >= 0.6 is 0 Å². The number of hydrogen-bond acceptors (Lipinski definition) is 5. The summed E-state index contributed by atoms with van der Waals surface area (Å²) in [5, 5.41) is 10.6. The van der Waals surface area contributed by atoms with E-state index in [9.17, 15) is 18.7 Å². The average Bonchev–Trinajstić information content (AvgIpc) is 2.77. The van der Waals surface area contributed by atoms with Gasteiger partial charge in [0.1, 0.15) is 0 Å². The predicted molar refractivity (Wildman–Crippen MR) is 117 cm³/mol. The molecule has 4 rings (SSSR count). The lowest BCUT2D eigenvalue weighted by molar-refractivity contribution is -0.0512. The van der Waals surface area contributed by atoms with Crippen LogP contribution in [0.25, 0.3) is 22.6 Å². The highest BCUT2D eigenvalue weighted by Gasteiger charge is 2.28. The molecule has 0 saturated carbocycles. The SMILES string of the molecule is CCN1C/C(=C/c2ccc(OC)c(OC(F)F)c2)c2nc3ccccc3c(C(=O)O)c2C1. The molecular weight excluding hydrogens is 418 g/mol. The molecule has 1 aliphatic heterocycles. The number of rotatable bonds is 6. The summed E-state index contributed by atoms with van der Waals surface area (Å²) in [5.41, 5.74) is 3.51. The zero-order valence-electron chi connectivity index (χ0n) is 17.6. The number of aromatic carboxylic acids is 1. The van der Waals surface area contributed by atoms with Crippen molar-refractivity contribution in [3.63, 3.8) is 0 Å². The molecule has 0 saturated heterocycles. The summed E-state index contributed by atoms with van der Waals surface area (Å²) in [6.07, 6.45) is 1.83. The summed E-state index contributed by atoms with van der Waals surface area (Å²) in [7, 11) is 1.38. The van der Waals surface area contributed by atoms with E-state index in [1.807, 2.05) is 19.1 Å². The van der Waals surface area contributed by atoms with Crippen molar-refractivity contribution < 1.29 is 28.2 Å². The number of para-hydroxylation sites is 1. The topological polar surface area (TPSA) is 71.9 Å². The van der Waals surface area contributed by atoms with Crippen LogP contribution in [0.4, 0.5) is 8.78 Å². The fraction of sp³-hybridized carbons (Fsp3) is 0.250. The number of carboxylic acid groups (broad SMARTS) is 1. The van der Waals surface area contributed by atoms with Crippen molar-refractivity contribution in [3.8, 4) is 11.5 Å². The molecule has 0 spiro atoms. The molecule has 1 N–H and O–H groups in total. The number of methoxy groups -OCH3 is 1. The molecule has 3 aromatic rings. The van der Waals surface area contributed by atoms with Gasteiger partial charge < -0.3 is 14.6 Å². The van der Waals surface area contributed by atoms with Gasteiger partial charge in [0.2, 0.25) is 0 Å². The van der Waals surface area contributed by atoms with Crippen molar-refractivity contribution in [2.45, 2.75) is 20.1 Å². The first kappa shape index (κ1) is 21.7. The van der Waals surface area contributed by atoms with E-state index < -0.39 is 12.6 Å². The Bertz CT molecular complexity index is 1210. The van der Waals surface area contributed by atoms with Gasteiger partial charge in [-0.3, -0.25) is 4.90 Å². The van der Waals surface area contributed by atoms with Crippen molar-refractivity contribution in [3.05, 3.63) is 64.8 Å². The number of halogens is 2. The van der Waals surface area contributed by atoms with Gasteiger partial charge in [0.25, 0.3) is 0 Å². The van der Waals surface area contributed by atoms with E-state index in [-0.39, 0.29) is 17.1 Å². The average molecular weight is 440 g/mol. The number of fused-ring (bicyclic) bond motifs is 2. The maximum atomic E-state index is 12.8. The lowest BCUT2D eigenvalue weighted by atomic mass is 9.92. The van der Waals surface area contributed by atoms with Gasteiger partial charge in [-0.05, 0) is 42.0 Å². The summed E-state index contributed by atoms with van der Waals surface area (Å²) in [6, 6.07) is 11.9. The molecule has 166 valence electrons. The minimum Gasteiger partial charge on any atom is -0.493 e. The Labute approximate surface area is 183 Å². The third-order valence-corrected chi connectivity index (χ3v) is 5.48. The van der Waals surface area contributed by atoms with Gasteiger partial charge in [-0.1, -0.05) is 31.2 Å². The van der Waals surface area contributed by atoms with Gasteiger partial charge >= 0.3 is 12.6 Å². The maximum Gasteiger partial charge on any atom is 0.387 e. The van der Waals surface area contributed by atoms with Crippen LogP contribution in [-0.4, -0.2) is 47.8 Å². The fourth-order valence-electron chi connectivity index (χ4n) is 4.02. The van der Waals surface area contributed by atoms with E-state index in [1.165, 1.54) is 13.2 Å². The monoisotopic (exact) mass is 440 g/mol. The van der Waals surface area contributed by atoms with Crippen LogP contribution in [-0.2, 0) is 6.54 Å². The Hall–Kier alpha value is -3.52. The number of aromatic nitrogens is 1. The first-order valence-corrected chi connectivity index (χ1v) is 10.1. The molecule has 0 atom stereocenters. The van der Waals surface area contributed by atoms with Crippen molar-refractivity contribution in [2.24, 2.45) is 0 Å². The minimum absolute atomic E-state index is 0.0714. The second-order valence-corrected chi connectivity index (χ2v) is 7.40. The largest absolute Gasteiger partial charge is 0.493 e. The van der Waals surface area contributed by atoms with Gasteiger partial charge in [0, 0.05) is 24.0 Å². The quantitative estimate of drug-likeness (QED) is 0.587. The standard InChI is InChI=1S/C24H22F2N2O4/c1-3-28-12-15(10-14-8-9-19(31-2)20(11-14)32-24(25)26)22-17(13-28)21(23(29)30)16-6-4-5-7-18(16)27-22/h4-11,24H,3,12-13H2,1-2H3,(H,29,30)/b15-10-. The second kappa shape index (κ2) is 8.92. The van der Waals surface area contributed by atoms with E-state index in [0.29, 0.717) is 47.4 Å². The number of hydrogen-bond donors (Lipinski definition) is 1. The number of alkyl halides is 2. The van der Waals surface area contributed by atoms with Crippen molar-refractivity contribution >= 4 is 28.5 Å². The lowest BCUT2D eigenvalue weighted by Gasteiger charge is -2.30. The van der Waals surface area contributed by atoms with Gasteiger partial charge in [-0.2, -0.15) is 8.78 Å². The van der Waals surface area contributed by atoms with E-state index in [1.54, 1.807) is 30.3 Å². The molecule has 2 aromatic carbocycles. The summed E-state index contributed by atoms with van der Waals surface area (Å²) in [6.45, 7) is 0.740. The summed E-state index contributed by atoms with van der Waals surface area (Å²) in [4.78, 5) is 19.1. The molecule has 0 fully saturated rings. The van der Waals surface area contributed by atoms with E-state index in [0.717, 1.165) is 5.57 Å². The Morgan fingerprint density at radius 2 is 2.00 bits per heavy atom. The van der Waals surface area contributed by atoms with Crippen LogP contribution in [0, 0.1) is 0 Å². The van der Waals surface area contributed by atoms with E-state index >= 15 is 0 Å². The Balaban J connectivity index is 1.90. The summed E-state index contributed by atoms with van der Waals surface area (Å²) >= 11 is 0. The van der Waals surface area contributed by atoms with Crippen LogP contribution in [0.15, 0.2) is 42.5 Å². The molecule has 2 heterocycles. The van der Waals surface area contributed by atoms with Gasteiger partial charge in [-0.15, -0.1) is 0 Å². The zero-order chi connectivity index (χ0) is 22.8. The second-order valence-electron chi connectivity index (χ2n) is 7.40. The molecule has 0 amide bonds. The van der Waals surface area contributed by atoms with Crippen LogP contribution in [0.1, 0.15) is 34.1 Å². The number of nitrogens with zero attached hydrogens (tertiary/aromatic N) is 2. The first-order chi connectivity index (χ1) is 15.4. The highest BCUT2D eigenvalue weighted by molar-refractivity contribution is 6.06. The van der Waals surface area contributed by atoms with E-state index in [2.05, 4.69) is 9.64 Å². The molecular formula is C24H22F2N2O4. The molecule has 1 aliphatic rings. The van der Waals surface area contributed by atoms with E-state index in [4.69, 9.17) is 9.72 Å². The van der Waals surface area contributed by atoms with Crippen LogP contribution < -0.4 is 9.47 Å². The molecule has 0 radical (unpaired) electrons. The molecule has 1 aromatic heterocycles. The number of likely N-dealkylation sites (N-methyl/N-ethyl adjacent to an activating group) is 1. The number of benzene rings is 2. The highest BCUT2D eigenvalue weighted by atomic mass is 19.3. The number of carbonyl (C=O) groups is 1. The highest BCUT2D eigenvalue weighted by Crippen LogP contribution is 2.35. The molecule has 0 aliphatic carbocycles. The minimum atomic E-state index is -2.98. The van der Waals surface area contributed by atoms with Crippen molar-refractivity contribution in [1.82, 2.24) is 9.88 Å². The summed E-state index contributed by atoms with van der Waals surface area (Å²) < 4.78 is 35.4. The summed E-state index contributed by atoms with van der Waals surface area (Å²) in [5.74, 6) is -0.879. The number of carboxylic acids is 1. The smallest absolute Gasteiger partial charge is 0.387 e. The fourth-order valence-corrected chi connectivity index (χ4v) is 4.02. The normalized spacial score (nSPS) is 15.2. The maximum absolute atomic E-state index is 12.8. The lowest BCUT2D eigenvalue weighted by Crippen LogP contribution is -2.31.